The highest BCUT2D eigenvalue weighted by molar-refractivity contribution is 9.10. The zero-order valence-electron chi connectivity index (χ0n) is 7.05. The van der Waals surface area contributed by atoms with Crippen molar-refractivity contribution < 1.29 is 0 Å². The van der Waals surface area contributed by atoms with Gasteiger partial charge in [-0.1, -0.05) is 0 Å². The fourth-order valence-corrected chi connectivity index (χ4v) is 1.64. The highest BCUT2D eigenvalue weighted by Gasteiger charge is 2.08. The Bertz CT molecular complexity index is 360. The number of aliphatic imine (C=N–C) groups is 1. The van der Waals surface area contributed by atoms with E-state index >= 15 is 0 Å². The van der Waals surface area contributed by atoms with Crippen LogP contribution in [0.2, 0.25) is 0 Å². The normalized spacial score (nSPS) is 15.3. The second-order valence-electron chi connectivity index (χ2n) is 2.89. The summed E-state index contributed by atoms with van der Waals surface area (Å²) in [5.41, 5.74) is 7.51. The van der Waals surface area contributed by atoms with Gasteiger partial charge in [-0.15, -0.1) is 0 Å². The van der Waals surface area contributed by atoms with Crippen LogP contribution in [0.15, 0.2) is 27.7 Å². The first-order valence-electron chi connectivity index (χ1n) is 4.11. The molecule has 1 aliphatic heterocycles. The number of rotatable bonds is 1. The largest absolute Gasteiger partial charge is 0.398 e. The van der Waals surface area contributed by atoms with Crippen molar-refractivity contribution in [2.75, 3.05) is 18.8 Å². The molecule has 0 radical (unpaired) electrons. The van der Waals surface area contributed by atoms with E-state index in [1.54, 1.807) is 0 Å². The van der Waals surface area contributed by atoms with Gasteiger partial charge in [0.25, 0.3) is 0 Å². The lowest BCUT2D eigenvalue weighted by Crippen LogP contribution is -2.19. The molecule has 2 rings (SSSR count). The van der Waals surface area contributed by atoms with Gasteiger partial charge in [-0.05, 0) is 34.1 Å². The zero-order chi connectivity index (χ0) is 9.26. The molecule has 13 heavy (non-hydrogen) atoms. The van der Waals surface area contributed by atoms with Gasteiger partial charge in [0.1, 0.15) is 5.84 Å². The molecular weight excluding hydrogens is 230 g/mol. The molecule has 0 amide bonds. The molecule has 1 aromatic carbocycles. The number of halogens is 1. The van der Waals surface area contributed by atoms with E-state index in [1.165, 1.54) is 0 Å². The Morgan fingerprint density at radius 2 is 2.31 bits per heavy atom. The van der Waals surface area contributed by atoms with Crippen LogP contribution >= 0.6 is 15.9 Å². The summed E-state index contributed by atoms with van der Waals surface area (Å²) >= 11 is 3.39. The van der Waals surface area contributed by atoms with Crippen molar-refractivity contribution in [3.05, 3.63) is 28.2 Å². The summed E-state index contributed by atoms with van der Waals surface area (Å²) in [6, 6.07) is 5.83. The summed E-state index contributed by atoms with van der Waals surface area (Å²) in [4.78, 5) is 4.32. The first-order chi connectivity index (χ1) is 6.27. The maximum Gasteiger partial charge on any atom is 0.128 e. The molecule has 1 heterocycles. The topological polar surface area (TPSA) is 50.4 Å². The number of nitrogen functional groups attached to an aromatic ring is 1. The van der Waals surface area contributed by atoms with Gasteiger partial charge in [0.05, 0.1) is 6.54 Å². The van der Waals surface area contributed by atoms with E-state index in [1.807, 2.05) is 18.2 Å². The molecule has 0 unspecified atom stereocenters. The minimum Gasteiger partial charge on any atom is -0.398 e. The maximum absolute atomic E-state index is 5.68. The van der Waals surface area contributed by atoms with Crippen molar-refractivity contribution in [2.45, 2.75) is 0 Å². The average molecular weight is 240 g/mol. The SMILES string of the molecule is Nc1ccc(C2=NCCN2)cc1Br. The summed E-state index contributed by atoms with van der Waals surface area (Å²) in [6.07, 6.45) is 0. The van der Waals surface area contributed by atoms with Crippen molar-refractivity contribution in [3.63, 3.8) is 0 Å². The number of nitrogens with zero attached hydrogens (tertiary/aromatic N) is 1. The molecule has 0 spiro atoms. The van der Waals surface area contributed by atoms with E-state index in [2.05, 4.69) is 26.2 Å². The van der Waals surface area contributed by atoms with Gasteiger partial charge in [0.15, 0.2) is 0 Å². The lowest BCUT2D eigenvalue weighted by atomic mass is 10.2. The molecule has 0 atom stereocenters. The van der Waals surface area contributed by atoms with Gasteiger partial charge in [0, 0.05) is 22.3 Å². The Hall–Kier alpha value is -1.03. The van der Waals surface area contributed by atoms with E-state index in [0.717, 1.165) is 34.6 Å². The van der Waals surface area contributed by atoms with Gasteiger partial charge in [-0.3, -0.25) is 4.99 Å². The molecule has 0 fully saturated rings. The lowest BCUT2D eigenvalue weighted by molar-refractivity contribution is 0.960. The molecule has 68 valence electrons. The second-order valence-corrected chi connectivity index (χ2v) is 3.75. The van der Waals surface area contributed by atoms with Crippen LogP contribution in [0, 0.1) is 0 Å². The van der Waals surface area contributed by atoms with Gasteiger partial charge in [0.2, 0.25) is 0 Å². The molecule has 1 aromatic rings. The van der Waals surface area contributed by atoms with Gasteiger partial charge < -0.3 is 11.1 Å². The third kappa shape index (κ3) is 1.67. The number of nitrogens with one attached hydrogen (secondary N) is 1. The van der Waals surface area contributed by atoms with Gasteiger partial charge in [-0.25, -0.2) is 0 Å². The Labute approximate surface area is 85.2 Å². The number of anilines is 1. The van der Waals surface area contributed by atoms with Crippen molar-refractivity contribution in [3.8, 4) is 0 Å². The van der Waals surface area contributed by atoms with Crippen molar-refractivity contribution >= 4 is 27.5 Å². The molecular formula is C9H10BrN3. The second kappa shape index (κ2) is 3.38. The molecule has 0 saturated heterocycles. The number of benzene rings is 1. The van der Waals surface area contributed by atoms with E-state index in [4.69, 9.17) is 5.73 Å². The first kappa shape index (κ1) is 8.56. The van der Waals surface area contributed by atoms with Gasteiger partial charge in [-0.2, -0.15) is 0 Å². The Morgan fingerprint density at radius 1 is 1.46 bits per heavy atom. The Balaban J connectivity index is 2.36. The number of nitrogens with two attached hydrogens (primary N) is 1. The predicted octanol–water partition coefficient (Wildman–Crippen LogP) is 1.38. The number of amidine groups is 1. The summed E-state index contributed by atoms with van der Waals surface area (Å²) in [7, 11) is 0. The zero-order valence-corrected chi connectivity index (χ0v) is 8.63. The maximum atomic E-state index is 5.68. The quantitative estimate of drug-likeness (QED) is 0.728. The fourth-order valence-electron chi connectivity index (χ4n) is 1.27. The molecule has 3 N–H and O–H groups in total. The van der Waals surface area contributed by atoms with Gasteiger partial charge >= 0.3 is 0 Å². The lowest BCUT2D eigenvalue weighted by Gasteiger charge is -2.04. The van der Waals surface area contributed by atoms with Crippen LogP contribution in [0.1, 0.15) is 5.56 Å². The van der Waals surface area contributed by atoms with Crippen LogP contribution in [0.25, 0.3) is 0 Å². The van der Waals surface area contributed by atoms with Crippen molar-refractivity contribution in [1.29, 1.82) is 0 Å². The predicted molar refractivity (Wildman–Crippen MR) is 58.0 cm³/mol. The van der Waals surface area contributed by atoms with Crippen LogP contribution < -0.4 is 11.1 Å². The van der Waals surface area contributed by atoms with Crippen molar-refractivity contribution in [2.24, 2.45) is 4.99 Å². The van der Waals surface area contributed by atoms with Crippen LogP contribution in [-0.4, -0.2) is 18.9 Å². The van der Waals surface area contributed by atoms with Crippen LogP contribution in [0.4, 0.5) is 5.69 Å². The summed E-state index contributed by atoms with van der Waals surface area (Å²) in [5, 5.41) is 3.21. The van der Waals surface area contributed by atoms with E-state index in [9.17, 15) is 0 Å². The summed E-state index contributed by atoms with van der Waals surface area (Å²) in [6.45, 7) is 1.79. The molecule has 0 saturated carbocycles. The molecule has 3 nitrogen and oxygen atoms in total. The van der Waals surface area contributed by atoms with Crippen molar-refractivity contribution in [1.82, 2.24) is 5.32 Å². The molecule has 0 aliphatic carbocycles. The minimum atomic E-state index is 0.752. The molecule has 0 bridgehead atoms. The van der Waals surface area contributed by atoms with Crippen LogP contribution in [0.5, 0.6) is 0 Å². The first-order valence-corrected chi connectivity index (χ1v) is 4.90. The third-order valence-electron chi connectivity index (χ3n) is 1.95. The standard InChI is InChI=1S/C9H10BrN3/c10-7-5-6(1-2-8(7)11)9-12-3-4-13-9/h1-2,5H,3-4,11H2,(H,12,13). The van der Waals surface area contributed by atoms with E-state index < -0.39 is 0 Å². The average Bonchev–Trinajstić information content (AvgIpc) is 2.62. The summed E-state index contributed by atoms with van der Waals surface area (Å²) in [5.74, 6) is 0.959. The molecule has 0 aromatic heterocycles. The minimum absolute atomic E-state index is 0.752. The third-order valence-corrected chi connectivity index (χ3v) is 2.63. The molecule has 4 heteroatoms. The number of hydrogen-bond donors (Lipinski definition) is 2. The Kier molecular flexibility index (Phi) is 2.22. The summed E-state index contributed by atoms with van der Waals surface area (Å²) < 4.78 is 0.918. The fraction of sp³-hybridized carbons (Fsp3) is 0.222. The highest BCUT2D eigenvalue weighted by Crippen LogP contribution is 2.20. The van der Waals surface area contributed by atoms with Crippen LogP contribution in [-0.2, 0) is 0 Å². The Morgan fingerprint density at radius 3 is 2.92 bits per heavy atom. The molecule has 1 aliphatic rings. The van der Waals surface area contributed by atoms with E-state index in [0.29, 0.717) is 0 Å². The highest BCUT2D eigenvalue weighted by atomic mass is 79.9. The smallest absolute Gasteiger partial charge is 0.128 e. The monoisotopic (exact) mass is 239 g/mol. The number of hydrogen-bond acceptors (Lipinski definition) is 3. The van der Waals surface area contributed by atoms with E-state index in [-0.39, 0.29) is 0 Å². The van der Waals surface area contributed by atoms with Crippen LogP contribution in [0.3, 0.4) is 0 Å².